The number of ether oxygens (including phenoxy) is 1. The Kier molecular flexibility index (Phi) is 8.35. The zero-order valence-corrected chi connectivity index (χ0v) is 15.7. The van der Waals surface area contributed by atoms with E-state index in [1.165, 1.54) is 13.0 Å². The first-order valence-electron chi connectivity index (χ1n) is 8.37. The summed E-state index contributed by atoms with van der Waals surface area (Å²) in [7, 11) is 0. The number of aliphatic carboxylic acids is 1. The van der Waals surface area contributed by atoms with E-state index in [1.54, 1.807) is 12.1 Å². The SMILES string of the molecule is CC(=O)OC/C(C)=C/Cc1cc(/C=C/C(=O)O)cc(CC=C(C)C)c1O. The van der Waals surface area contributed by atoms with Gasteiger partial charge in [0.05, 0.1) is 0 Å². The molecule has 0 radical (unpaired) electrons. The van der Waals surface area contributed by atoms with Crippen LogP contribution in [-0.4, -0.2) is 28.8 Å². The van der Waals surface area contributed by atoms with Crippen molar-refractivity contribution in [2.45, 2.75) is 40.5 Å². The van der Waals surface area contributed by atoms with Gasteiger partial charge in [0.2, 0.25) is 0 Å². The number of phenols is 1. The van der Waals surface area contributed by atoms with Gasteiger partial charge in [0.25, 0.3) is 0 Å². The minimum Gasteiger partial charge on any atom is -0.507 e. The third-order valence-electron chi connectivity index (χ3n) is 3.61. The summed E-state index contributed by atoms with van der Waals surface area (Å²) < 4.78 is 4.95. The van der Waals surface area contributed by atoms with Crippen LogP contribution in [0.1, 0.15) is 44.4 Å². The summed E-state index contributed by atoms with van der Waals surface area (Å²) in [6, 6.07) is 3.55. The molecule has 1 aromatic rings. The fourth-order valence-electron chi connectivity index (χ4n) is 2.23. The number of esters is 1. The lowest BCUT2D eigenvalue weighted by molar-refractivity contribution is -0.140. The van der Waals surface area contributed by atoms with Gasteiger partial charge >= 0.3 is 11.9 Å². The number of rotatable bonds is 8. The molecule has 0 fully saturated rings. The molecule has 2 N–H and O–H groups in total. The molecule has 0 aliphatic rings. The zero-order valence-electron chi connectivity index (χ0n) is 15.7. The van der Waals surface area contributed by atoms with Crippen molar-refractivity contribution in [1.29, 1.82) is 0 Å². The van der Waals surface area contributed by atoms with Crippen LogP contribution in [0.3, 0.4) is 0 Å². The van der Waals surface area contributed by atoms with E-state index in [0.717, 1.165) is 22.8 Å². The minimum absolute atomic E-state index is 0.200. The van der Waals surface area contributed by atoms with Crippen molar-refractivity contribution in [2.24, 2.45) is 0 Å². The Morgan fingerprint density at radius 2 is 1.62 bits per heavy atom. The molecule has 0 saturated carbocycles. The van der Waals surface area contributed by atoms with Crippen LogP contribution in [-0.2, 0) is 27.2 Å². The monoisotopic (exact) mass is 358 g/mol. The lowest BCUT2D eigenvalue weighted by Gasteiger charge is -2.11. The number of benzene rings is 1. The van der Waals surface area contributed by atoms with Crippen LogP contribution >= 0.6 is 0 Å². The third-order valence-corrected chi connectivity index (χ3v) is 3.61. The second-order valence-electron chi connectivity index (χ2n) is 6.38. The van der Waals surface area contributed by atoms with Gasteiger partial charge < -0.3 is 14.9 Å². The van der Waals surface area contributed by atoms with Gasteiger partial charge in [-0.2, -0.15) is 0 Å². The van der Waals surface area contributed by atoms with E-state index in [2.05, 4.69) is 0 Å². The van der Waals surface area contributed by atoms with E-state index < -0.39 is 5.97 Å². The van der Waals surface area contributed by atoms with Crippen molar-refractivity contribution in [2.75, 3.05) is 6.61 Å². The Morgan fingerprint density at radius 1 is 1.04 bits per heavy atom. The maximum Gasteiger partial charge on any atom is 0.328 e. The highest BCUT2D eigenvalue weighted by atomic mass is 16.5. The molecule has 0 aliphatic heterocycles. The van der Waals surface area contributed by atoms with E-state index in [4.69, 9.17) is 9.84 Å². The Bertz CT molecular complexity index is 750. The Morgan fingerprint density at radius 3 is 2.12 bits per heavy atom. The van der Waals surface area contributed by atoms with Gasteiger partial charge in [-0.25, -0.2) is 4.79 Å². The third kappa shape index (κ3) is 7.83. The van der Waals surface area contributed by atoms with Crippen molar-refractivity contribution in [3.8, 4) is 5.75 Å². The van der Waals surface area contributed by atoms with Crippen LogP contribution in [0.25, 0.3) is 6.08 Å². The van der Waals surface area contributed by atoms with Crippen LogP contribution in [0.15, 0.2) is 41.5 Å². The summed E-state index contributed by atoms with van der Waals surface area (Å²) >= 11 is 0. The van der Waals surface area contributed by atoms with Gasteiger partial charge in [-0.3, -0.25) is 4.79 Å². The number of carboxylic acid groups (broad SMARTS) is 1. The molecule has 0 bridgehead atoms. The average molecular weight is 358 g/mol. The van der Waals surface area contributed by atoms with E-state index in [1.807, 2.05) is 32.9 Å². The first-order chi connectivity index (χ1) is 12.2. The molecule has 1 aromatic carbocycles. The molecule has 0 aliphatic carbocycles. The van der Waals surface area contributed by atoms with Crippen molar-refractivity contribution in [3.05, 3.63) is 58.2 Å². The molecular weight excluding hydrogens is 332 g/mol. The van der Waals surface area contributed by atoms with E-state index in [-0.39, 0.29) is 18.3 Å². The number of hydrogen-bond donors (Lipinski definition) is 2. The normalized spacial score (nSPS) is 11.5. The molecule has 0 heterocycles. The largest absolute Gasteiger partial charge is 0.507 e. The van der Waals surface area contributed by atoms with Crippen LogP contribution < -0.4 is 0 Å². The molecule has 1 rings (SSSR count). The van der Waals surface area contributed by atoms with E-state index in [9.17, 15) is 14.7 Å². The zero-order chi connectivity index (χ0) is 19.7. The molecule has 0 atom stereocenters. The molecule has 0 unspecified atom stereocenters. The lowest BCUT2D eigenvalue weighted by Crippen LogP contribution is -2.01. The van der Waals surface area contributed by atoms with Crippen molar-refractivity contribution >= 4 is 18.0 Å². The maximum atomic E-state index is 10.9. The molecule has 0 aromatic heterocycles. The average Bonchev–Trinajstić information content (AvgIpc) is 2.56. The van der Waals surface area contributed by atoms with E-state index >= 15 is 0 Å². The summed E-state index contributed by atoms with van der Waals surface area (Å²) in [6.45, 7) is 7.37. The summed E-state index contributed by atoms with van der Waals surface area (Å²) in [5, 5.41) is 19.4. The molecule has 140 valence electrons. The number of carbonyl (C=O) groups is 2. The first kappa shape index (κ1) is 21.2. The highest BCUT2D eigenvalue weighted by Gasteiger charge is 2.09. The standard InChI is InChI=1S/C21H26O5/c1-14(2)5-8-18-11-17(7-10-20(23)24)12-19(21(18)25)9-6-15(3)13-26-16(4)22/h5-7,10-12,25H,8-9,13H2,1-4H3,(H,23,24)/b10-7+,15-6+. The van der Waals surface area contributed by atoms with E-state index in [0.29, 0.717) is 24.0 Å². The predicted molar refractivity (Wildman–Crippen MR) is 102 cm³/mol. The second kappa shape index (κ2) is 10.2. The number of carboxylic acids is 1. The van der Waals surface area contributed by atoms with Crippen LogP contribution in [0.5, 0.6) is 5.75 Å². The lowest BCUT2D eigenvalue weighted by atomic mass is 9.98. The molecular formula is C21H26O5. The van der Waals surface area contributed by atoms with Crippen LogP contribution in [0.4, 0.5) is 0 Å². The van der Waals surface area contributed by atoms with Gasteiger partial charge in [-0.05, 0) is 74.1 Å². The van der Waals surface area contributed by atoms with Crippen molar-refractivity contribution < 1.29 is 24.5 Å². The topological polar surface area (TPSA) is 83.8 Å². The number of aromatic hydroxyl groups is 1. The van der Waals surface area contributed by atoms with Gasteiger partial charge in [-0.15, -0.1) is 0 Å². The fraction of sp³-hybridized carbons (Fsp3) is 0.333. The summed E-state index contributed by atoms with van der Waals surface area (Å²) in [5.41, 5.74) is 4.14. The molecule has 26 heavy (non-hydrogen) atoms. The second-order valence-corrected chi connectivity index (χ2v) is 6.38. The number of carbonyl (C=O) groups excluding carboxylic acids is 1. The smallest absolute Gasteiger partial charge is 0.328 e. The summed E-state index contributed by atoms with van der Waals surface area (Å²) in [6.07, 6.45) is 7.48. The summed E-state index contributed by atoms with van der Waals surface area (Å²) in [5.74, 6) is -1.17. The number of phenolic OH excluding ortho intramolecular Hbond substituents is 1. The van der Waals surface area contributed by atoms with Gasteiger partial charge in [0.15, 0.2) is 0 Å². The Balaban J connectivity index is 3.14. The first-order valence-corrected chi connectivity index (χ1v) is 8.37. The molecule has 5 nitrogen and oxygen atoms in total. The number of hydrogen-bond acceptors (Lipinski definition) is 4. The van der Waals surface area contributed by atoms with Gasteiger partial charge in [0, 0.05) is 13.0 Å². The van der Waals surface area contributed by atoms with Crippen molar-refractivity contribution in [3.63, 3.8) is 0 Å². The maximum absolute atomic E-state index is 10.9. The quantitative estimate of drug-likeness (QED) is 0.416. The highest BCUT2D eigenvalue weighted by Crippen LogP contribution is 2.27. The molecule has 0 saturated heterocycles. The Hall–Kier alpha value is -2.82. The molecule has 0 spiro atoms. The molecule has 5 heteroatoms. The van der Waals surface area contributed by atoms with Crippen LogP contribution in [0, 0.1) is 0 Å². The summed E-state index contributed by atoms with van der Waals surface area (Å²) in [4.78, 5) is 21.6. The molecule has 0 amide bonds. The minimum atomic E-state index is -1.03. The predicted octanol–water partition coefficient (Wildman–Crippen LogP) is 4.05. The van der Waals surface area contributed by atoms with Crippen molar-refractivity contribution in [1.82, 2.24) is 0 Å². The fourth-order valence-corrected chi connectivity index (χ4v) is 2.23. The van der Waals surface area contributed by atoms with Crippen LogP contribution in [0.2, 0.25) is 0 Å². The number of allylic oxidation sites excluding steroid dienone is 3. The van der Waals surface area contributed by atoms with Gasteiger partial charge in [0.1, 0.15) is 12.4 Å². The Labute approximate surface area is 154 Å². The highest BCUT2D eigenvalue weighted by molar-refractivity contribution is 5.85. The van der Waals surface area contributed by atoms with Gasteiger partial charge in [-0.1, -0.05) is 17.7 Å².